The molecule has 5 rings (SSSR count). The smallest absolute Gasteiger partial charge is 0.416 e. The van der Waals surface area contributed by atoms with E-state index in [-0.39, 0.29) is 18.9 Å². The summed E-state index contributed by atoms with van der Waals surface area (Å²) in [6.07, 6.45) is -1.46. The van der Waals surface area contributed by atoms with Crippen LogP contribution >= 0.6 is 0 Å². The minimum absolute atomic E-state index is 0.0243. The number of nitrogens with zero attached hydrogens (tertiary/aromatic N) is 1. The van der Waals surface area contributed by atoms with E-state index in [1.807, 2.05) is 22.8 Å². The molecule has 1 aliphatic heterocycles. The molecule has 8 heteroatoms. The van der Waals surface area contributed by atoms with E-state index in [0.29, 0.717) is 30.0 Å². The molecule has 1 atom stereocenters. The predicted molar refractivity (Wildman–Crippen MR) is 120 cm³/mol. The van der Waals surface area contributed by atoms with Crippen LogP contribution in [0.15, 0.2) is 42.5 Å². The van der Waals surface area contributed by atoms with Gasteiger partial charge in [-0.05, 0) is 60.2 Å². The molecule has 1 saturated carbocycles. The second kappa shape index (κ2) is 8.98. The Morgan fingerprint density at radius 3 is 2.65 bits per heavy atom. The molecule has 180 valence electrons. The number of ether oxygens (including phenoxy) is 2. The van der Waals surface area contributed by atoms with Crippen molar-refractivity contribution in [1.29, 1.82) is 0 Å². The summed E-state index contributed by atoms with van der Waals surface area (Å²) in [6.45, 7) is 1.09. The Hall–Kier alpha value is -3.00. The lowest BCUT2D eigenvalue weighted by molar-refractivity contribution is -0.141. The Balaban J connectivity index is 1.36. The Morgan fingerprint density at radius 1 is 1.12 bits per heavy atom. The van der Waals surface area contributed by atoms with Crippen LogP contribution in [0.5, 0.6) is 5.75 Å². The van der Waals surface area contributed by atoms with E-state index >= 15 is 0 Å². The van der Waals surface area contributed by atoms with Gasteiger partial charge in [0, 0.05) is 23.1 Å². The maximum absolute atomic E-state index is 13.8. The molecule has 3 aromatic rings. The molecule has 1 fully saturated rings. The molecule has 2 aromatic carbocycles. The van der Waals surface area contributed by atoms with Gasteiger partial charge in [0.05, 0.1) is 18.6 Å². The lowest BCUT2D eigenvalue weighted by atomic mass is 9.91. The van der Waals surface area contributed by atoms with Crippen LogP contribution in [-0.4, -0.2) is 22.2 Å². The molecule has 2 heterocycles. The number of carboxylic acid groups (broad SMARTS) is 1. The molecule has 1 aliphatic carbocycles. The summed E-state index contributed by atoms with van der Waals surface area (Å²) in [5.74, 6) is -0.409. The van der Waals surface area contributed by atoms with Crippen molar-refractivity contribution in [2.75, 3.05) is 6.61 Å². The number of carboxylic acids is 1. The summed E-state index contributed by atoms with van der Waals surface area (Å²) in [7, 11) is 0. The van der Waals surface area contributed by atoms with Crippen molar-refractivity contribution in [3.05, 3.63) is 64.8 Å². The predicted octanol–water partition coefficient (Wildman–Crippen LogP) is 6.44. The second-order valence-corrected chi connectivity index (χ2v) is 9.09. The number of rotatable bonds is 6. The monoisotopic (exact) mass is 473 g/mol. The van der Waals surface area contributed by atoms with Crippen molar-refractivity contribution in [1.82, 2.24) is 4.57 Å². The molecule has 0 radical (unpaired) electrons. The van der Waals surface area contributed by atoms with E-state index in [4.69, 9.17) is 14.6 Å². The van der Waals surface area contributed by atoms with Crippen LogP contribution in [-0.2, 0) is 28.9 Å². The zero-order valence-corrected chi connectivity index (χ0v) is 18.6. The van der Waals surface area contributed by atoms with Gasteiger partial charge in [-0.2, -0.15) is 13.2 Å². The molecule has 1 aromatic heterocycles. The highest BCUT2D eigenvalue weighted by atomic mass is 19.4. The average molecular weight is 473 g/mol. The number of carbonyl (C=O) groups is 1. The molecular formula is C26H26F3NO4. The number of halogens is 3. The van der Waals surface area contributed by atoms with Crippen molar-refractivity contribution in [2.45, 2.75) is 63.5 Å². The van der Waals surface area contributed by atoms with Gasteiger partial charge in [-0.25, -0.2) is 0 Å². The van der Waals surface area contributed by atoms with Crippen molar-refractivity contribution < 1.29 is 32.5 Å². The summed E-state index contributed by atoms with van der Waals surface area (Å²) >= 11 is 0. The molecule has 0 amide bonds. The Labute approximate surface area is 195 Å². The molecular weight excluding hydrogens is 447 g/mol. The molecule has 0 unspecified atom stereocenters. The van der Waals surface area contributed by atoms with E-state index in [1.54, 1.807) is 18.2 Å². The lowest BCUT2D eigenvalue weighted by Gasteiger charge is -2.24. The summed E-state index contributed by atoms with van der Waals surface area (Å²) in [5.41, 5.74) is 2.06. The molecule has 1 N–H and O–H groups in total. The number of aromatic nitrogens is 1. The minimum atomic E-state index is -4.40. The summed E-state index contributed by atoms with van der Waals surface area (Å²) in [5, 5.41) is 10.0. The normalized spacial score (nSPS) is 18.9. The number of hydrogen-bond acceptors (Lipinski definition) is 3. The van der Waals surface area contributed by atoms with Crippen molar-refractivity contribution in [3.63, 3.8) is 0 Å². The maximum atomic E-state index is 13.8. The molecule has 0 spiro atoms. The van der Waals surface area contributed by atoms with E-state index in [2.05, 4.69) is 0 Å². The van der Waals surface area contributed by atoms with Crippen molar-refractivity contribution in [3.8, 4) is 5.75 Å². The van der Waals surface area contributed by atoms with E-state index in [0.717, 1.165) is 42.3 Å². The van der Waals surface area contributed by atoms with Crippen LogP contribution in [0.2, 0.25) is 0 Å². The van der Waals surface area contributed by atoms with Crippen LogP contribution in [0.3, 0.4) is 0 Å². The summed E-state index contributed by atoms with van der Waals surface area (Å²) in [4.78, 5) is 11.2. The highest BCUT2D eigenvalue weighted by Gasteiger charge is 2.36. The SMILES string of the molecule is O=C(O)C[C@@H]1OCCn2c1cc1cc(OCc3ccc(C4CCCC4)c(C(F)(F)F)c3)ccc12. The van der Waals surface area contributed by atoms with E-state index < -0.39 is 23.8 Å². The highest BCUT2D eigenvalue weighted by molar-refractivity contribution is 5.83. The third-order valence-corrected chi connectivity index (χ3v) is 6.85. The van der Waals surface area contributed by atoms with Gasteiger partial charge < -0.3 is 19.1 Å². The fourth-order valence-corrected chi connectivity index (χ4v) is 5.27. The van der Waals surface area contributed by atoms with E-state index in [9.17, 15) is 18.0 Å². The van der Waals surface area contributed by atoms with Gasteiger partial charge in [-0.3, -0.25) is 4.79 Å². The Kier molecular flexibility index (Phi) is 6.02. The van der Waals surface area contributed by atoms with E-state index in [1.165, 1.54) is 6.07 Å². The second-order valence-electron chi connectivity index (χ2n) is 9.09. The first-order valence-corrected chi connectivity index (χ1v) is 11.6. The third-order valence-electron chi connectivity index (χ3n) is 6.85. The minimum Gasteiger partial charge on any atom is -0.489 e. The first-order valence-electron chi connectivity index (χ1n) is 11.6. The average Bonchev–Trinajstić information content (AvgIpc) is 3.45. The number of fused-ring (bicyclic) bond motifs is 3. The number of hydrogen-bond donors (Lipinski definition) is 1. The summed E-state index contributed by atoms with van der Waals surface area (Å²) in [6, 6.07) is 12.0. The Bertz CT molecular complexity index is 1210. The van der Waals surface area contributed by atoms with Gasteiger partial charge in [0.25, 0.3) is 0 Å². The van der Waals surface area contributed by atoms with Crippen molar-refractivity contribution >= 4 is 16.9 Å². The van der Waals surface area contributed by atoms with Crippen LogP contribution < -0.4 is 4.74 Å². The van der Waals surface area contributed by atoms with Crippen LogP contribution in [0.4, 0.5) is 13.2 Å². The quantitative estimate of drug-likeness (QED) is 0.447. The topological polar surface area (TPSA) is 60.7 Å². The van der Waals surface area contributed by atoms with Gasteiger partial charge in [0.1, 0.15) is 18.5 Å². The van der Waals surface area contributed by atoms with Gasteiger partial charge >= 0.3 is 12.1 Å². The van der Waals surface area contributed by atoms with Crippen molar-refractivity contribution in [2.24, 2.45) is 0 Å². The van der Waals surface area contributed by atoms with Crippen LogP contribution in [0.1, 0.15) is 66.5 Å². The largest absolute Gasteiger partial charge is 0.489 e. The highest BCUT2D eigenvalue weighted by Crippen LogP contribution is 2.42. The molecule has 0 bridgehead atoms. The maximum Gasteiger partial charge on any atom is 0.416 e. The lowest BCUT2D eigenvalue weighted by Crippen LogP contribution is -2.22. The fourth-order valence-electron chi connectivity index (χ4n) is 5.27. The van der Waals surface area contributed by atoms with Gasteiger partial charge in [-0.1, -0.05) is 25.0 Å². The van der Waals surface area contributed by atoms with Crippen LogP contribution in [0, 0.1) is 0 Å². The first-order chi connectivity index (χ1) is 16.3. The third kappa shape index (κ3) is 4.51. The zero-order chi connectivity index (χ0) is 23.9. The molecule has 34 heavy (non-hydrogen) atoms. The van der Waals surface area contributed by atoms with Gasteiger partial charge in [0.15, 0.2) is 0 Å². The molecule has 0 saturated heterocycles. The molecule has 5 nitrogen and oxygen atoms in total. The summed E-state index contributed by atoms with van der Waals surface area (Å²) < 4.78 is 54.8. The zero-order valence-electron chi connectivity index (χ0n) is 18.6. The standard InChI is InChI=1S/C26H26F3NO4/c27-26(28,29)21-11-16(5-7-20(21)17-3-1-2-4-17)15-34-19-6-8-22-18(12-19)13-23-24(14-25(31)32)33-10-9-30(22)23/h5-8,11-13,17,24H,1-4,9-10,14-15H2,(H,31,32)/t24-/m0/s1. The number of benzene rings is 2. The van der Waals surface area contributed by atoms with Gasteiger partial charge in [-0.15, -0.1) is 0 Å². The Morgan fingerprint density at radius 2 is 1.91 bits per heavy atom. The van der Waals surface area contributed by atoms with Crippen LogP contribution in [0.25, 0.3) is 10.9 Å². The van der Waals surface area contributed by atoms with Gasteiger partial charge in [0.2, 0.25) is 0 Å². The first kappa shape index (κ1) is 22.8. The fraction of sp³-hybridized carbons (Fsp3) is 0.423. The molecule has 2 aliphatic rings. The number of aliphatic carboxylic acids is 1. The number of alkyl halides is 3.